The minimum Gasteiger partial charge on any atom is -0.482 e. The fourth-order valence-electron chi connectivity index (χ4n) is 2.88. The summed E-state index contributed by atoms with van der Waals surface area (Å²) in [6.07, 6.45) is 2.19. The average molecular weight is 388 g/mol. The van der Waals surface area contributed by atoms with E-state index in [4.69, 9.17) is 15.2 Å². The fourth-order valence-corrected chi connectivity index (χ4v) is 3.67. The molecule has 1 atom stereocenters. The lowest BCUT2D eigenvalue weighted by Gasteiger charge is -2.14. The quantitative estimate of drug-likeness (QED) is 0.708. The number of amides is 2. The number of nitrogens with one attached hydrogen (secondary N) is 1. The van der Waals surface area contributed by atoms with Crippen LogP contribution in [-0.2, 0) is 27.2 Å². The van der Waals surface area contributed by atoms with Crippen molar-refractivity contribution in [3.05, 3.63) is 46.3 Å². The molecule has 0 unspecified atom stereocenters. The van der Waals surface area contributed by atoms with E-state index < -0.39 is 23.9 Å². The number of rotatable bonds is 7. The Bertz CT molecular complexity index is 877. The maximum absolute atomic E-state index is 12.1. The summed E-state index contributed by atoms with van der Waals surface area (Å²) in [5, 5.41) is 4.50. The maximum atomic E-state index is 12.1. The molecule has 27 heavy (non-hydrogen) atoms. The summed E-state index contributed by atoms with van der Waals surface area (Å²) < 4.78 is 10.6. The van der Waals surface area contributed by atoms with Gasteiger partial charge in [-0.25, -0.2) is 4.79 Å². The molecule has 0 aliphatic heterocycles. The summed E-state index contributed by atoms with van der Waals surface area (Å²) >= 11 is 1.16. The van der Waals surface area contributed by atoms with Gasteiger partial charge in [-0.05, 0) is 60.9 Å². The molecule has 0 saturated heterocycles. The first kappa shape index (κ1) is 18.9. The van der Waals surface area contributed by atoms with Gasteiger partial charge in [0.05, 0.1) is 5.56 Å². The monoisotopic (exact) mass is 388 g/mol. The SMILES string of the molecule is C[C@@H](OC(=O)COc1ccc2c(c1)CCC2)C(=O)Nc1sccc1C(N)=O. The van der Waals surface area contributed by atoms with E-state index >= 15 is 0 Å². The van der Waals surface area contributed by atoms with Crippen LogP contribution < -0.4 is 15.8 Å². The minimum absolute atomic E-state index is 0.215. The topological polar surface area (TPSA) is 108 Å². The van der Waals surface area contributed by atoms with Gasteiger partial charge in [0.15, 0.2) is 12.7 Å². The molecule has 1 aliphatic rings. The predicted octanol–water partition coefficient (Wildman–Crippen LogP) is 2.28. The fraction of sp³-hybridized carbons (Fsp3) is 0.316. The van der Waals surface area contributed by atoms with E-state index in [1.54, 1.807) is 5.38 Å². The van der Waals surface area contributed by atoms with Crippen molar-refractivity contribution in [2.24, 2.45) is 5.73 Å². The molecule has 1 aromatic carbocycles. The third-order valence-electron chi connectivity index (χ3n) is 4.27. The highest BCUT2D eigenvalue weighted by Crippen LogP contribution is 2.26. The van der Waals surface area contributed by atoms with Gasteiger partial charge in [-0.3, -0.25) is 9.59 Å². The van der Waals surface area contributed by atoms with E-state index in [2.05, 4.69) is 5.32 Å². The number of esters is 1. The molecule has 0 fully saturated rings. The number of thiophene rings is 1. The number of ether oxygens (including phenoxy) is 2. The van der Waals surface area contributed by atoms with Crippen molar-refractivity contribution >= 4 is 34.1 Å². The molecule has 142 valence electrons. The highest BCUT2D eigenvalue weighted by molar-refractivity contribution is 7.14. The summed E-state index contributed by atoms with van der Waals surface area (Å²) in [5.41, 5.74) is 8.01. The van der Waals surface area contributed by atoms with Crippen LogP contribution in [0.3, 0.4) is 0 Å². The molecular weight excluding hydrogens is 368 g/mol. The zero-order valence-electron chi connectivity index (χ0n) is 14.8. The van der Waals surface area contributed by atoms with E-state index in [0.29, 0.717) is 10.8 Å². The Hall–Kier alpha value is -2.87. The molecule has 2 aromatic rings. The molecule has 3 N–H and O–H groups in total. The van der Waals surface area contributed by atoms with Crippen molar-refractivity contribution in [3.63, 3.8) is 0 Å². The summed E-state index contributed by atoms with van der Waals surface area (Å²) in [6, 6.07) is 7.30. The number of nitrogens with two attached hydrogens (primary N) is 1. The van der Waals surface area contributed by atoms with Gasteiger partial charge in [0.1, 0.15) is 10.8 Å². The molecule has 1 aliphatic carbocycles. The van der Waals surface area contributed by atoms with Gasteiger partial charge in [-0.15, -0.1) is 11.3 Å². The number of carbonyl (C=O) groups excluding carboxylic acids is 3. The van der Waals surface area contributed by atoms with Crippen molar-refractivity contribution in [2.75, 3.05) is 11.9 Å². The normalized spacial score (nSPS) is 13.5. The van der Waals surface area contributed by atoms with E-state index in [0.717, 1.165) is 30.6 Å². The van der Waals surface area contributed by atoms with Crippen molar-refractivity contribution in [1.82, 2.24) is 0 Å². The molecule has 0 radical (unpaired) electrons. The minimum atomic E-state index is -1.04. The Morgan fingerprint density at radius 3 is 2.78 bits per heavy atom. The van der Waals surface area contributed by atoms with E-state index in [-0.39, 0.29) is 12.2 Å². The summed E-state index contributed by atoms with van der Waals surface area (Å²) in [6.45, 7) is 1.15. The highest BCUT2D eigenvalue weighted by atomic mass is 32.1. The Balaban J connectivity index is 1.49. The predicted molar refractivity (Wildman–Crippen MR) is 101 cm³/mol. The number of aryl methyl sites for hydroxylation is 2. The van der Waals surface area contributed by atoms with Crippen LogP contribution in [0.1, 0.15) is 34.8 Å². The van der Waals surface area contributed by atoms with E-state index in [1.165, 1.54) is 24.1 Å². The Kier molecular flexibility index (Phi) is 5.75. The number of fused-ring (bicyclic) bond motifs is 1. The third kappa shape index (κ3) is 4.65. The van der Waals surface area contributed by atoms with Crippen LogP contribution in [-0.4, -0.2) is 30.5 Å². The van der Waals surface area contributed by atoms with E-state index in [1.807, 2.05) is 18.2 Å². The largest absolute Gasteiger partial charge is 0.482 e. The van der Waals surface area contributed by atoms with E-state index in [9.17, 15) is 14.4 Å². The Morgan fingerprint density at radius 1 is 1.22 bits per heavy atom. The van der Waals surface area contributed by atoms with Crippen LogP contribution in [0.5, 0.6) is 5.75 Å². The first-order valence-corrected chi connectivity index (χ1v) is 9.44. The summed E-state index contributed by atoms with van der Waals surface area (Å²) in [5.74, 6) is -1.24. The lowest BCUT2D eigenvalue weighted by atomic mass is 10.1. The van der Waals surface area contributed by atoms with Crippen molar-refractivity contribution in [1.29, 1.82) is 0 Å². The van der Waals surface area contributed by atoms with Crippen LogP contribution in [0.25, 0.3) is 0 Å². The van der Waals surface area contributed by atoms with Crippen LogP contribution in [0.4, 0.5) is 5.00 Å². The molecule has 0 spiro atoms. The Morgan fingerprint density at radius 2 is 2.00 bits per heavy atom. The molecule has 1 aromatic heterocycles. The zero-order chi connectivity index (χ0) is 19.4. The average Bonchev–Trinajstić information content (AvgIpc) is 3.28. The summed E-state index contributed by atoms with van der Waals surface area (Å²) in [7, 11) is 0. The van der Waals surface area contributed by atoms with Crippen molar-refractivity contribution in [2.45, 2.75) is 32.3 Å². The highest BCUT2D eigenvalue weighted by Gasteiger charge is 2.21. The number of primary amides is 1. The van der Waals surface area contributed by atoms with Crippen LogP contribution in [0.2, 0.25) is 0 Å². The maximum Gasteiger partial charge on any atom is 0.344 e. The first-order valence-electron chi connectivity index (χ1n) is 8.56. The van der Waals surface area contributed by atoms with Gasteiger partial charge in [0, 0.05) is 0 Å². The molecule has 1 heterocycles. The zero-order valence-corrected chi connectivity index (χ0v) is 15.6. The Labute approximate surface area is 160 Å². The second-order valence-corrected chi connectivity index (χ2v) is 7.14. The molecule has 8 heteroatoms. The van der Waals surface area contributed by atoms with Gasteiger partial charge in [0.25, 0.3) is 11.8 Å². The molecule has 0 saturated carbocycles. The first-order chi connectivity index (χ1) is 12.9. The van der Waals surface area contributed by atoms with Gasteiger partial charge >= 0.3 is 5.97 Å². The smallest absolute Gasteiger partial charge is 0.344 e. The number of benzene rings is 1. The van der Waals surface area contributed by atoms with Crippen LogP contribution >= 0.6 is 11.3 Å². The molecule has 2 amide bonds. The van der Waals surface area contributed by atoms with Gasteiger partial charge in [-0.1, -0.05) is 6.07 Å². The van der Waals surface area contributed by atoms with Crippen molar-refractivity contribution in [3.8, 4) is 5.75 Å². The molecular formula is C19H20N2O5S. The molecule has 7 nitrogen and oxygen atoms in total. The molecule has 3 rings (SSSR count). The number of carbonyl (C=O) groups is 3. The number of anilines is 1. The second kappa shape index (κ2) is 8.22. The second-order valence-electron chi connectivity index (χ2n) is 6.22. The number of hydrogen-bond donors (Lipinski definition) is 2. The van der Waals surface area contributed by atoms with Gasteiger partial charge in [-0.2, -0.15) is 0 Å². The van der Waals surface area contributed by atoms with Crippen LogP contribution in [0, 0.1) is 0 Å². The van der Waals surface area contributed by atoms with Gasteiger partial charge in [0.2, 0.25) is 0 Å². The molecule has 0 bridgehead atoms. The lowest BCUT2D eigenvalue weighted by Crippen LogP contribution is -2.32. The lowest BCUT2D eigenvalue weighted by molar-refractivity contribution is -0.155. The number of hydrogen-bond acceptors (Lipinski definition) is 6. The third-order valence-corrected chi connectivity index (χ3v) is 5.10. The summed E-state index contributed by atoms with van der Waals surface area (Å²) in [4.78, 5) is 35.4. The standard InChI is InChI=1S/C19H20N2O5S/c1-11(18(24)21-19-15(17(20)23)7-8-27-19)26-16(22)10-25-14-6-5-12-3-2-4-13(12)9-14/h5-9,11H,2-4,10H2,1H3,(H2,20,23)(H,21,24)/t11-/m1/s1. The van der Waals surface area contributed by atoms with Crippen molar-refractivity contribution < 1.29 is 23.9 Å². The van der Waals surface area contributed by atoms with Crippen LogP contribution in [0.15, 0.2) is 29.6 Å². The van der Waals surface area contributed by atoms with Gasteiger partial charge < -0.3 is 20.5 Å².